The fraction of sp³-hybridized carbons (Fsp3) is 0.471. The number of likely N-dealkylation sites (tertiary alicyclic amines) is 1. The molecule has 0 saturated carbocycles. The number of hydrogen-bond donors (Lipinski definition) is 2. The summed E-state index contributed by atoms with van der Waals surface area (Å²) in [5.74, 6) is 1.65. The van der Waals surface area contributed by atoms with Gasteiger partial charge < -0.3 is 20.3 Å². The molecule has 1 saturated heterocycles. The average Bonchev–Trinajstić information content (AvgIpc) is 2.62. The Hall–Kier alpha value is -2.41. The number of nitrogens with one attached hydrogen (secondary N) is 2. The maximum Gasteiger partial charge on any atom is 0.251 e. The van der Waals surface area contributed by atoms with E-state index in [2.05, 4.69) is 27.2 Å². The van der Waals surface area contributed by atoms with Crippen molar-refractivity contribution in [2.45, 2.75) is 25.3 Å². The molecule has 0 aliphatic carbocycles. The van der Waals surface area contributed by atoms with E-state index in [1.807, 2.05) is 17.2 Å². The normalized spacial score (nSPS) is 19.4. The molecular weight excluding hydrogens is 306 g/mol. The second-order valence-corrected chi connectivity index (χ2v) is 6.07. The summed E-state index contributed by atoms with van der Waals surface area (Å²) in [6.07, 6.45) is 8.24. The molecule has 0 aromatic carbocycles. The Morgan fingerprint density at radius 2 is 2.42 bits per heavy atom. The molecule has 2 N–H and O–H groups in total. The summed E-state index contributed by atoms with van der Waals surface area (Å²) in [4.78, 5) is 22.9. The first-order valence-electron chi connectivity index (χ1n) is 8.17. The second-order valence-electron chi connectivity index (χ2n) is 6.07. The number of anilines is 2. The molecule has 3 heterocycles. The molecule has 2 aliphatic heterocycles. The van der Waals surface area contributed by atoms with Gasteiger partial charge in [-0.2, -0.15) is 0 Å². The van der Waals surface area contributed by atoms with E-state index in [-0.39, 0.29) is 18.6 Å². The van der Waals surface area contributed by atoms with Crippen molar-refractivity contribution in [3.63, 3.8) is 0 Å². The molecule has 24 heavy (non-hydrogen) atoms. The molecule has 0 spiro atoms. The quantitative estimate of drug-likeness (QED) is 0.798. The van der Waals surface area contributed by atoms with Crippen LogP contribution in [0.4, 0.5) is 11.6 Å². The zero-order valence-corrected chi connectivity index (χ0v) is 13.9. The fourth-order valence-corrected chi connectivity index (χ4v) is 3.10. The van der Waals surface area contributed by atoms with E-state index in [9.17, 15) is 4.79 Å². The van der Waals surface area contributed by atoms with Gasteiger partial charge in [0.1, 0.15) is 18.0 Å². The van der Waals surface area contributed by atoms with Crippen molar-refractivity contribution < 1.29 is 9.53 Å². The summed E-state index contributed by atoms with van der Waals surface area (Å²) in [6.45, 7) is 5.48. The molecular formula is C17H23N5O2. The van der Waals surface area contributed by atoms with E-state index < -0.39 is 0 Å². The maximum absolute atomic E-state index is 12.4. The highest BCUT2D eigenvalue weighted by molar-refractivity contribution is 5.93. The summed E-state index contributed by atoms with van der Waals surface area (Å²) in [5, 5.41) is 6.62. The summed E-state index contributed by atoms with van der Waals surface area (Å²) < 4.78 is 5.01. The molecule has 0 bridgehead atoms. The highest BCUT2D eigenvalue weighted by atomic mass is 16.5. The second kappa shape index (κ2) is 7.44. The van der Waals surface area contributed by atoms with Gasteiger partial charge in [-0.05, 0) is 25.5 Å². The van der Waals surface area contributed by atoms with E-state index in [1.165, 1.54) is 0 Å². The summed E-state index contributed by atoms with van der Waals surface area (Å²) in [5.41, 5.74) is 1.55. The van der Waals surface area contributed by atoms with Crippen LogP contribution in [0.3, 0.4) is 0 Å². The smallest absolute Gasteiger partial charge is 0.251 e. The van der Waals surface area contributed by atoms with Crippen molar-refractivity contribution >= 4 is 17.5 Å². The van der Waals surface area contributed by atoms with Crippen LogP contribution in [0.15, 0.2) is 30.8 Å². The van der Waals surface area contributed by atoms with Crippen LogP contribution in [0.25, 0.3) is 0 Å². The standard InChI is InChI=1S/C17H23N5O2/c1-12(10-24-2)17(23)22-8-4-5-13(9-22)21-16-14-6-3-7-18-15(14)19-11-20-16/h3,7,11,13H,1,4-6,8-10H2,2H3,(H2,18,19,20,21)/t13-/m1/s1. The minimum Gasteiger partial charge on any atom is -0.380 e. The lowest BCUT2D eigenvalue weighted by atomic mass is 10.0. The molecule has 128 valence electrons. The van der Waals surface area contributed by atoms with Gasteiger partial charge in [0.25, 0.3) is 5.91 Å². The lowest BCUT2D eigenvalue weighted by Crippen LogP contribution is -2.46. The number of carbonyl (C=O) groups is 1. The molecule has 7 heteroatoms. The van der Waals surface area contributed by atoms with Gasteiger partial charge in [0, 0.05) is 37.4 Å². The van der Waals surface area contributed by atoms with Gasteiger partial charge in [-0.15, -0.1) is 0 Å². The van der Waals surface area contributed by atoms with Crippen molar-refractivity contribution in [2.75, 3.05) is 37.4 Å². The number of amides is 1. The molecule has 7 nitrogen and oxygen atoms in total. The number of rotatable bonds is 5. The van der Waals surface area contributed by atoms with Gasteiger partial charge in [0.2, 0.25) is 0 Å². The Kier molecular flexibility index (Phi) is 5.10. The van der Waals surface area contributed by atoms with Crippen LogP contribution < -0.4 is 10.6 Å². The van der Waals surface area contributed by atoms with Gasteiger partial charge in [0.05, 0.1) is 6.61 Å². The Morgan fingerprint density at radius 1 is 1.54 bits per heavy atom. The predicted octanol–water partition coefficient (Wildman–Crippen LogP) is 1.56. The van der Waals surface area contributed by atoms with Gasteiger partial charge in [-0.25, -0.2) is 9.97 Å². The van der Waals surface area contributed by atoms with E-state index in [1.54, 1.807) is 13.4 Å². The number of hydrogen-bond acceptors (Lipinski definition) is 6. The topological polar surface area (TPSA) is 79.4 Å². The van der Waals surface area contributed by atoms with Crippen molar-refractivity contribution in [1.29, 1.82) is 0 Å². The van der Waals surface area contributed by atoms with Crippen LogP contribution in [-0.2, 0) is 16.0 Å². The monoisotopic (exact) mass is 329 g/mol. The number of piperidine rings is 1. The SMILES string of the molecule is C=C(COC)C(=O)N1CCC[C@@H](Nc2ncnc3c2CC=CN3)C1. The zero-order chi connectivity index (χ0) is 16.9. The van der Waals surface area contributed by atoms with Gasteiger partial charge in [-0.1, -0.05) is 12.7 Å². The first kappa shape index (κ1) is 16.4. The third-order valence-corrected chi connectivity index (χ3v) is 4.28. The highest BCUT2D eigenvalue weighted by Gasteiger charge is 2.26. The molecule has 1 aromatic rings. The highest BCUT2D eigenvalue weighted by Crippen LogP contribution is 2.25. The Morgan fingerprint density at radius 3 is 3.25 bits per heavy atom. The van der Waals surface area contributed by atoms with Crippen molar-refractivity contribution in [2.24, 2.45) is 0 Å². The van der Waals surface area contributed by atoms with E-state index in [0.717, 1.165) is 43.0 Å². The predicted molar refractivity (Wildman–Crippen MR) is 92.7 cm³/mol. The number of carbonyl (C=O) groups excluding carboxylic acids is 1. The zero-order valence-electron chi connectivity index (χ0n) is 13.9. The molecule has 1 atom stereocenters. The average molecular weight is 329 g/mol. The molecule has 0 unspecified atom stereocenters. The van der Waals surface area contributed by atoms with Crippen molar-refractivity contribution in [3.8, 4) is 0 Å². The van der Waals surface area contributed by atoms with Gasteiger partial charge in [0.15, 0.2) is 0 Å². The lowest BCUT2D eigenvalue weighted by molar-refractivity contribution is -0.128. The molecule has 1 amide bonds. The molecule has 3 rings (SSSR count). The molecule has 1 fully saturated rings. The van der Waals surface area contributed by atoms with E-state index in [4.69, 9.17) is 4.74 Å². The molecule has 2 aliphatic rings. The van der Waals surface area contributed by atoms with Crippen LogP contribution >= 0.6 is 0 Å². The minimum atomic E-state index is -0.0299. The van der Waals surface area contributed by atoms with Crippen LogP contribution in [-0.4, -0.2) is 53.6 Å². The van der Waals surface area contributed by atoms with Crippen molar-refractivity contribution in [3.05, 3.63) is 36.3 Å². The summed E-state index contributed by atoms with van der Waals surface area (Å²) in [7, 11) is 1.57. The molecule has 1 aromatic heterocycles. The summed E-state index contributed by atoms with van der Waals surface area (Å²) >= 11 is 0. The number of fused-ring (bicyclic) bond motifs is 1. The summed E-state index contributed by atoms with van der Waals surface area (Å²) in [6, 6.07) is 0.169. The first-order chi connectivity index (χ1) is 11.7. The maximum atomic E-state index is 12.4. The number of ether oxygens (including phenoxy) is 1. The number of allylic oxidation sites excluding steroid dienone is 1. The Bertz CT molecular complexity index is 658. The van der Waals surface area contributed by atoms with E-state index in [0.29, 0.717) is 12.1 Å². The van der Waals surface area contributed by atoms with Crippen LogP contribution in [0, 0.1) is 0 Å². The fourth-order valence-electron chi connectivity index (χ4n) is 3.10. The largest absolute Gasteiger partial charge is 0.380 e. The number of aromatic nitrogens is 2. The Balaban J connectivity index is 1.66. The number of methoxy groups -OCH3 is 1. The van der Waals surface area contributed by atoms with Gasteiger partial charge >= 0.3 is 0 Å². The Labute approximate surface area is 141 Å². The third-order valence-electron chi connectivity index (χ3n) is 4.28. The van der Waals surface area contributed by atoms with Crippen LogP contribution in [0.2, 0.25) is 0 Å². The lowest BCUT2D eigenvalue weighted by Gasteiger charge is -2.34. The van der Waals surface area contributed by atoms with E-state index >= 15 is 0 Å². The van der Waals surface area contributed by atoms with Gasteiger partial charge in [-0.3, -0.25) is 4.79 Å². The first-order valence-corrected chi connectivity index (χ1v) is 8.17. The minimum absolute atomic E-state index is 0.0299. The van der Waals surface area contributed by atoms with Crippen LogP contribution in [0.5, 0.6) is 0 Å². The molecule has 0 radical (unpaired) electrons. The number of nitrogens with zero attached hydrogens (tertiary/aromatic N) is 3. The van der Waals surface area contributed by atoms with Crippen LogP contribution in [0.1, 0.15) is 18.4 Å². The van der Waals surface area contributed by atoms with Crippen molar-refractivity contribution in [1.82, 2.24) is 14.9 Å². The third kappa shape index (κ3) is 3.56.